The van der Waals surface area contributed by atoms with Crippen molar-refractivity contribution in [3.8, 4) is 0 Å². The van der Waals surface area contributed by atoms with E-state index in [4.69, 9.17) is 0 Å². The van der Waals surface area contributed by atoms with Gasteiger partial charge in [0.15, 0.2) is 0 Å². The van der Waals surface area contributed by atoms with Crippen LogP contribution in [0.25, 0.3) is 0 Å². The van der Waals surface area contributed by atoms with Crippen molar-refractivity contribution in [3.05, 3.63) is 59.7 Å². The van der Waals surface area contributed by atoms with Crippen molar-refractivity contribution in [2.45, 2.75) is 24.5 Å². The molecule has 2 aromatic carbocycles. The highest BCUT2D eigenvalue weighted by molar-refractivity contribution is 7.93. The second-order valence-corrected chi connectivity index (χ2v) is 8.17. The van der Waals surface area contributed by atoms with Crippen molar-refractivity contribution in [2.24, 2.45) is 0 Å². The van der Waals surface area contributed by atoms with E-state index in [1.165, 1.54) is 36.4 Å². The first-order valence-electron chi connectivity index (χ1n) is 8.17. The van der Waals surface area contributed by atoms with Gasteiger partial charge in [0.25, 0.3) is 0 Å². The first-order chi connectivity index (χ1) is 11.9. The van der Waals surface area contributed by atoms with E-state index in [0.29, 0.717) is 30.6 Å². The van der Waals surface area contributed by atoms with Gasteiger partial charge in [-0.1, -0.05) is 12.1 Å². The van der Waals surface area contributed by atoms with Crippen molar-refractivity contribution < 1.29 is 17.2 Å². The lowest BCUT2D eigenvalue weighted by Gasteiger charge is -2.35. The summed E-state index contributed by atoms with van der Waals surface area (Å²) in [6.07, 6.45) is 1.31. The predicted molar refractivity (Wildman–Crippen MR) is 94.5 cm³/mol. The Labute approximate surface area is 146 Å². The molecular formula is C18H20F2N2O2S. The maximum atomic E-state index is 14.3. The zero-order valence-electron chi connectivity index (χ0n) is 13.9. The Morgan fingerprint density at radius 1 is 1.16 bits per heavy atom. The van der Waals surface area contributed by atoms with Crippen molar-refractivity contribution in [2.75, 3.05) is 17.9 Å². The number of hydrogen-bond donors (Lipinski definition) is 1. The third-order valence-corrected chi connectivity index (χ3v) is 6.55. The van der Waals surface area contributed by atoms with Crippen LogP contribution in [0, 0.1) is 11.6 Å². The summed E-state index contributed by atoms with van der Waals surface area (Å²) in [6, 6.07) is 9.67. The molecule has 134 valence electrons. The number of hydrogen-bond acceptors (Lipinski definition) is 3. The van der Waals surface area contributed by atoms with Crippen LogP contribution in [0.2, 0.25) is 0 Å². The number of sulfonamides is 1. The highest BCUT2D eigenvalue weighted by Crippen LogP contribution is 2.41. The molecule has 3 rings (SSSR count). The average Bonchev–Trinajstić information content (AvgIpc) is 2.57. The van der Waals surface area contributed by atoms with Gasteiger partial charge < -0.3 is 5.32 Å². The zero-order valence-corrected chi connectivity index (χ0v) is 14.7. The maximum absolute atomic E-state index is 14.3. The molecule has 0 aliphatic carbocycles. The van der Waals surface area contributed by atoms with E-state index >= 15 is 0 Å². The molecule has 0 unspecified atom stereocenters. The molecule has 0 spiro atoms. The van der Waals surface area contributed by atoms with E-state index in [1.54, 1.807) is 13.1 Å². The minimum absolute atomic E-state index is 0.0336. The first kappa shape index (κ1) is 17.8. The fraction of sp³-hybridized carbons (Fsp3) is 0.333. The van der Waals surface area contributed by atoms with Gasteiger partial charge >= 0.3 is 0 Å². The van der Waals surface area contributed by atoms with Crippen molar-refractivity contribution in [1.82, 2.24) is 5.32 Å². The summed E-state index contributed by atoms with van der Waals surface area (Å²) in [7, 11) is -2.01. The minimum Gasteiger partial charge on any atom is -0.320 e. The summed E-state index contributed by atoms with van der Waals surface area (Å²) in [5.41, 5.74) is 0.859. The largest absolute Gasteiger partial charge is 0.320 e. The molecule has 25 heavy (non-hydrogen) atoms. The standard InChI is InChI=1S/C18H20F2N2O2S/c1-21-10-4-5-15-12-13-11-14(19)8-9-17(13)22(25(15,23)24)18-7-3-2-6-16(18)20/h2-3,6-9,11,15,21H,4-5,10,12H2,1H3/t15-/m1/s1. The molecule has 1 aliphatic heterocycles. The summed E-state index contributed by atoms with van der Waals surface area (Å²) in [5.74, 6) is -1.06. The molecule has 1 heterocycles. The van der Waals surface area contributed by atoms with Crippen LogP contribution in [0.5, 0.6) is 0 Å². The summed E-state index contributed by atoms with van der Waals surface area (Å²) in [6.45, 7) is 0.682. The first-order valence-corrected chi connectivity index (χ1v) is 9.67. The molecule has 0 amide bonds. The monoisotopic (exact) mass is 366 g/mol. The minimum atomic E-state index is -3.80. The molecule has 0 bridgehead atoms. The second-order valence-electron chi connectivity index (χ2n) is 6.11. The summed E-state index contributed by atoms with van der Waals surface area (Å²) >= 11 is 0. The van der Waals surface area contributed by atoms with Gasteiger partial charge in [0.1, 0.15) is 11.6 Å². The van der Waals surface area contributed by atoms with Gasteiger partial charge in [-0.05, 0) is 68.8 Å². The van der Waals surface area contributed by atoms with Crippen molar-refractivity contribution in [3.63, 3.8) is 0 Å². The number of rotatable bonds is 5. The van der Waals surface area contributed by atoms with Crippen LogP contribution in [0.4, 0.5) is 20.2 Å². The molecule has 0 fully saturated rings. The molecule has 0 saturated heterocycles. The summed E-state index contributed by atoms with van der Waals surface area (Å²) in [4.78, 5) is 0. The van der Waals surface area contributed by atoms with Gasteiger partial charge in [0.05, 0.1) is 16.6 Å². The Bertz CT molecular complexity index is 871. The third-order valence-electron chi connectivity index (χ3n) is 4.41. The van der Waals surface area contributed by atoms with E-state index in [1.807, 2.05) is 0 Å². The smallest absolute Gasteiger partial charge is 0.242 e. The molecule has 4 nitrogen and oxygen atoms in total. The van der Waals surface area contributed by atoms with E-state index in [2.05, 4.69) is 5.32 Å². The Balaban J connectivity index is 2.12. The second kappa shape index (κ2) is 7.09. The predicted octanol–water partition coefficient (Wildman–Crippen LogP) is 3.36. The van der Waals surface area contributed by atoms with Crippen LogP contribution in [-0.2, 0) is 16.4 Å². The molecule has 1 aliphatic rings. The van der Waals surface area contributed by atoms with Crippen molar-refractivity contribution >= 4 is 21.4 Å². The van der Waals surface area contributed by atoms with Gasteiger partial charge in [-0.3, -0.25) is 0 Å². The number of para-hydroxylation sites is 1. The summed E-state index contributed by atoms with van der Waals surface area (Å²) in [5, 5.41) is 2.27. The number of fused-ring (bicyclic) bond motifs is 1. The van der Waals surface area contributed by atoms with Gasteiger partial charge in [-0.2, -0.15) is 0 Å². The fourth-order valence-corrected chi connectivity index (χ4v) is 5.22. The van der Waals surface area contributed by atoms with Crippen LogP contribution in [0.1, 0.15) is 18.4 Å². The van der Waals surface area contributed by atoms with Crippen LogP contribution < -0.4 is 9.62 Å². The fourth-order valence-electron chi connectivity index (χ4n) is 3.19. The van der Waals surface area contributed by atoms with Gasteiger partial charge in [0.2, 0.25) is 10.0 Å². The molecule has 7 heteroatoms. The van der Waals surface area contributed by atoms with Crippen LogP contribution in [0.3, 0.4) is 0 Å². The quantitative estimate of drug-likeness (QED) is 0.826. The lowest BCUT2D eigenvalue weighted by Crippen LogP contribution is -2.42. The molecular weight excluding hydrogens is 346 g/mol. The van der Waals surface area contributed by atoms with Crippen molar-refractivity contribution in [1.29, 1.82) is 0 Å². The topological polar surface area (TPSA) is 49.4 Å². The number of halogens is 2. The van der Waals surface area contributed by atoms with E-state index in [0.717, 1.165) is 4.31 Å². The number of nitrogens with zero attached hydrogens (tertiary/aromatic N) is 1. The number of benzene rings is 2. The highest BCUT2D eigenvalue weighted by atomic mass is 32.2. The zero-order chi connectivity index (χ0) is 18.0. The van der Waals surface area contributed by atoms with Gasteiger partial charge in [0, 0.05) is 0 Å². The number of nitrogens with one attached hydrogen (secondary N) is 1. The van der Waals surface area contributed by atoms with E-state index in [9.17, 15) is 17.2 Å². The Hall–Kier alpha value is -1.99. The molecule has 0 aromatic heterocycles. The molecule has 0 radical (unpaired) electrons. The normalized spacial score (nSPS) is 18.8. The Morgan fingerprint density at radius 3 is 2.64 bits per heavy atom. The van der Waals surface area contributed by atoms with E-state index < -0.39 is 26.9 Å². The van der Waals surface area contributed by atoms with Crippen LogP contribution in [0.15, 0.2) is 42.5 Å². The average molecular weight is 366 g/mol. The Morgan fingerprint density at radius 2 is 1.92 bits per heavy atom. The third kappa shape index (κ3) is 3.39. The van der Waals surface area contributed by atoms with Gasteiger partial charge in [-0.25, -0.2) is 21.5 Å². The number of anilines is 2. The molecule has 1 N–H and O–H groups in total. The lowest BCUT2D eigenvalue weighted by atomic mass is 10.0. The maximum Gasteiger partial charge on any atom is 0.242 e. The highest BCUT2D eigenvalue weighted by Gasteiger charge is 2.40. The summed E-state index contributed by atoms with van der Waals surface area (Å²) < 4.78 is 55.3. The molecule has 1 atom stereocenters. The van der Waals surface area contributed by atoms with Crippen LogP contribution in [-0.4, -0.2) is 27.3 Å². The van der Waals surface area contributed by atoms with Crippen LogP contribution >= 0.6 is 0 Å². The molecule has 0 saturated carbocycles. The molecule has 2 aromatic rings. The lowest BCUT2D eigenvalue weighted by molar-refractivity contribution is 0.550. The van der Waals surface area contributed by atoms with E-state index in [-0.39, 0.29) is 12.1 Å². The Kier molecular flexibility index (Phi) is 5.06. The SMILES string of the molecule is CNCCC[C@@H]1Cc2cc(F)ccc2N(c2ccccc2F)S1(=O)=O. The van der Waals surface area contributed by atoms with Gasteiger partial charge in [-0.15, -0.1) is 0 Å².